The average molecular weight is 280 g/mol. The minimum absolute atomic E-state index is 0.110. The third-order valence-corrected chi connectivity index (χ3v) is 5.34. The molecule has 0 aromatic heterocycles. The fourth-order valence-electron chi connectivity index (χ4n) is 4.29. The molecule has 2 spiro atoms. The molecular formula is C22H16. The van der Waals surface area contributed by atoms with Crippen LogP contribution in [-0.2, 0) is 0 Å². The average Bonchev–Trinajstić information content (AvgIpc) is 2.57. The molecule has 4 aliphatic carbocycles. The molecule has 0 heteroatoms. The molecule has 0 amide bonds. The quantitative estimate of drug-likeness (QED) is 0.683. The van der Waals surface area contributed by atoms with Gasteiger partial charge in [-0.1, -0.05) is 97.2 Å². The first-order valence-corrected chi connectivity index (χ1v) is 7.80. The summed E-state index contributed by atoms with van der Waals surface area (Å²) in [6, 6.07) is 8.69. The molecule has 2 unspecified atom stereocenters. The third kappa shape index (κ3) is 1.28. The van der Waals surface area contributed by atoms with Crippen molar-refractivity contribution in [1.82, 2.24) is 0 Å². The van der Waals surface area contributed by atoms with Gasteiger partial charge in [0.1, 0.15) is 0 Å². The Labute approximate surface area is 130 Å². The molecule has 0 nitrogen and oxygen atoms in total. The largest absolute Gasteiger partial charge is 0.0687 e. The highest BCUT2D eigenvalue weighted by Crippen LogP contribution is 2.59. The highest BCUT2D eigenvalue weighted by molar-refractivity contribution is 5.74. The van der Waals surface area contributed by atoms with Crippen LogP contribution in [0.3, 0.4) is 0 Å². The molecule has 2 atom stereocenters. The van der Waals surface area contributed by atoms with Crippen molar-refractivity contribution in [3.05, 3.63) is 107 Å². The Balaban J connectivity index is 1.97. The van der Waals surface area contributed by atoms with Crippen molar-refractivity contribution in [3.63, 3.8) is 0 Å². The van der Waals surface area contributed by atoms with E-state index in [1.165, 1.54) is 21.6 Å². The fraction of sp³-hybridized carbons (Fsp3) is 0.0909. The van der Waals surface area contributed by atoms with Crippen molar-refractivity contribution in [1.29, 1.82) is 0 Å². The number of hydrogen-bond acceptors (Lipinski definition) is 0. The third-order valence-electron chi connectivity index (χ3n) is 5.34. The van der Waals surface area contributed by atoms with Crippen LogP contribution in [-0.4, -0.2) is 0 Å². The molecule has 0 N–H and O–H groups in total. The van der Waals surface area contributed by atoms with Gasteiger partial charge < -0.3 is 0 Å². The van der Waals surface area contributed by atoms with Gasteiger partial charge in [-0.25, -0.2) is 0 Å². The molecule has 0 saturated heterocycles. The Kier molecular flexibility index (Phi) is 2.17. The van der Waals surface area contributed by atoms with E-state index in [0.29, 0.717) is 0 Å². The summed E-state index contributed by atoms with van der Waals surface area (Å²) in [5.74, 6) is 0. The molecular weight excluding hydrogens is 264 g/mol. The SMILES string of the molecule is C1=CC2=CC=C3C=CC=CC34C=c3ccccc3=CC24C=C1. The predicted molar refractivity (Wildman–Crippen MR) is 92.2 cm³/mol. The zero-order valence-corrected chi connectivity index (χ0v) is 12.2. The Morgan fingerprint density at radius 2 is 1.09 bits per heavy atom. The maximum Gasteiger partial charge on any atom is 0.0491 e. The molecule has 0 saturated carbocycles. The number of rotatable bonds is 0. The van der Waals surface area contributed by atoms with E-state index in [0.717, 1.165) is 0 Å². The second kappa shape index (κ2) is 3.98. The second-order valence-corrected chi connectivity index (χ2v) is 6.34. The first kappa shape index (κ1) is 12.0. The lowest BCUT2D eigenvalue weighted by Gasteiger charge is -2.51. The van der Waals surface area contributed by atoms with E-state index in [1.54, 1.807) is 0 Å². The maximum atomic E-state index is 2.45. The van der Waals surface area contributed by atoms with E-state index < -0.39 is 0 Å². The summed E-state index contributed by atoms with van der Waals surface area (Å²) in [6.45, 7) is 0. The topological polar surface area (TPSA) is 0 Å². The number of fused-ring (bicyclic) bond motifs is 1. The van der Waals surface area contributed by atoms with Crippen LogP contribution in [0.2, 0.25) is 0 Å². The zero-order chi connectivity index (χ0) is 14.6. The van der Waals surface area contributed by atoms with Gasteiger partial charge in [0.05, 0.1) is 0 Å². The Hall–Kier alpha value is -2.60. The predicted octanol–water partition coefficient (Wildman–Crippen LogP) is 3.35. The van der Waals surface area contributed by atoms with E-state index in [-0.39, 0.29) is 10.8 Å². The van der Waals surface area contributed by atoms with E-state index >= 15 is 0 Å². The summed E-state index contributed by atoms with van der Waals surface area (Å²) in [7, 11) is 0. The van der Waals surface area contributed by atoms with Crippen LogP contribution in [0.4, 0.5) is 0 Å². The summed E-state index contributed by atoms with van der Waals surface area (Å²) in [5.41, 5.74) is 2.51. The van der Waals surface area contributed by atoms with E-state index in [2.05, 4.69) is 97.2 Å². The monoisotopic (exact) mass is 280 g/mol. The first-order chi connectivity index (χ1) is 10.8. The summed E-state index contributed by atoms with van der Waals surface area (Å²) < 4.78 is 0. The minimum atomic E-state index is -0.110. The van der Waals surface area contributed by atoms with Gasteiger partial charge in [0.25, 0.3) is 0 Å². The molecule has 1 aromatic carbocycles. The fourth-order valence-corrected chi connectivity index (χ4v) is 4.29. The highest BCUT2D eigenvalue weighted by Gasteiger charge is 2.52. The van der Waals surface area contributed by atoms with Crippen molar-refractivity contribution in [3.8, 4) is 0 Å². The van der Waals surface area contributed by atoms with E-state index in [9.17, 15) is 0 Å². The summed E-state index contributed by atoms with van der Waals surface area (Å²) in [6.07, 6.45) is 27.3. The van der Waals surface area contributed by atoms with Crippen molar-refractivity contribution in [2.75, 3.05) is 0 Å². The van der Waals surface area contributed by atoms with Gasteiger partial charge in [-0.2, -0.15) is 0 Å². The van der Waals surface area contributed by atoms with Gasteiger partial charge in [-0.05, 0) is 21.6 Å². The van der Waals surface area contributed by atoms with Gasteiger partial charge in [0.15, 0.2) is 0 Å². The number of benzene rings is 1. The van der Waals surface area contributed by atoms with Crippen LogP contribution in [0.15, 0.2) is 96.2 Å². The zero-order valence-electron chi connectivity index (χ0n) is 12.2. The normalized spacial score (nSPS) is 32.5. The smallest absolute Gasteiger partial charge is 0.0491 e. The molecule has 0 heterocycles. The molecule has 0 radical (unpaired) electrons. The van der Waals surface area contributed by atoms with Crippen LogP contribution >= 0.6 is 0 Å². The minimum Gasteiger partial charge on any atom is -0.0687 e. The van der Waals surface area contributed by atoms with Gasteiger partial charge in [-0.15, -0.1) is 0 Å². The second-order valence-electron chi connectivity index (χ2n) is 6.34. The van der Waals surface area contributed by atoms with Crippen LogP contribution in [0, 0.1) is 10.8 Å². The van der Waals surface area contributed by atoms with Gasteiger partial charge in [-0.3, -0.25) is 0 Å². The summed E-state index contributed by atoms with van der Waals surface area (Å²) in [4.78, 5) is 0. The van der Waals surface area contributed by atoms with Crippen LogP contribution in [0.5, 0.6) is 0 Å². The van der Waals surface area contributed by atoms with Crippen molar-refractivity contribution < 1.29 is 0 Å². The van der Waals surface area contributed by atoms with E-state index in [4.69, 9.17) is 0 Å². The first-order valence-electron chi connectivity index (χ1n) is 7.80. The lowest BCUT2D eigenvalue weighted by atomic mass is 9.51. The molecule has 0 bridgehead atoms. The number of allylic oxidation sites excluding steroid dienone is 12. The van der Waals surface area contributed by atoms with Gasteiger partial charge >= 0.3 is 0 Å². The maximum absolute atomic E-state index is 2.45. The van der Waals surface area contributed by atoms with Crippen LogP contribution in [0.1, 0.15) is 0 Å². The highest BCUT2D eigenvalue weighted by atomic mass is 14.5. The molecule has 5 rings (SSSR count). The summed E-state index contributed by atoms with van der Waals surface area (Å²) in [5, 5.41) is 2.64. The molecule has 0 fully saturated rings. The molecule has 1 aromatic rings. The Morgan fingerprint density at radius 3 is 1.59 bits per heavy atom. The Morgan fingerprint density at radius 1 is 0.591 bits per heavy atom. The standard InChI is InChI=1S/C22H16/c1-2-8-18-16-22-14-6-4-10-20(22)12-11-19-9-3-5-13-21(19,22)15-17(18)7-1/h1-16H. The van der Waals surface area contributed by atoms with Crippen molar-refractivity contribution in [2.24, 2.45) is 10.8 Å². The van der Waals surface area contributed by atoms with Gasteiger partial charge in [0.2, 0.25) is 0 Å². The van der Waals surface area contributed by atoms with Crippen molar-refractivity contribution >= 4 is 12.2 Å². The Bertz CT molecular complexity index is 894. The lowest BCUT2D eigenvalue weighted by molar-refractivity contribution is 0.412. The lowest BCUT2D eigenvalue weighted by Crippen LogP contribution is -2.49. The van der Waals surface area contributed by atoms with Crippen molar-refractivity contribution in [2.45, 2.75) is 0 Å². The molecule has 22 heavy (non-hydrogen) atoms. The van der Waals surface area contributed by atoms with E-state index in [1.807, 2.05) is 0 Å². The van der Waals surface area contributed by atoms with Crippen LogP contribution in [0.25, 0.3) is 12.2 Å². The van der Waals surface area contributed by atoms with Gasteiger partial charge in [0, 0.05) is 10.8 Å². The van der Waals surface area contributed by atoms with Crippen LogP contribution < -0.4 is 10.4 Å². The molecule has 4 aliphatic rings. The summed E-state index contributed by atoms with van der Waals surface area (Å²) >= 11 is 0. The number of hydrogen-bond donors (Lipinski definition) is 0. The molecule has 104 valence electrons. The molecule has 0 aliphatic heterocycles.